The minimum absolute atomic E-state index is 0.0181. The van der Waals surface area contributed by atoms with Crippen LogP contribution in [0.5, 0.6) is 0 Å². The smallest absolute Gasteiger partial charge is 0.446 e. The minimum atomic E-state index is -2.51. The van der Waals surface area contributed by atoms with Crippen molar-refractivity contribution in [2.45, 2.75) is 233 Å². The van der Waals surface area contributed by atoms with Crippen LogP contribution in [0.3, 0.4) is 0 Å². The summed E-state index contributed by atoms with van der Waals surface area (Å²) in [6, 6.07) is 17.0. The third kappa shape index (κ3) is 18.6. The number of alkyl carbamates (subject to hydrolysis) is 1. The fourth-order valence-electron chi connectivity index (χ4n) is 18.2. The molecular weight excluding hydrogens is 1250 g/mol. The monoisotopic (exact) mass is 1370 g/mol. The largest absolute Gasteiger partial charge is 0.697 e. The van der Waals surface area contributed by atoms with E-state index in [4.69, 9.17) is 27.6 Å². The molecule has 96 heavy (non-hydrogen) atoms. The first-order valence-electron chi connectivity index (χ1n) is 37.0. The first-order chi connectivity index (χ1) is 46.1. The molecule has 0 spiro atoms. The van der Waals surface area contributed by atoms with Gasteiger partial charge in [0.25, 0.3) is 0 Å². The number of aliphatic hydroxyl groups is 1. The molecular formula is C77H118N5O12P2+3. The number of unbranched alkanes of at least 4 members (excludes halogenated alkanes) is 4. The number of hydrogen-bond acceptors (Lipinski definition) is 13. The SMILES string of the molecule is CCN1C(=CC=CC2=[N+](CCCCCC(=O)NCCOCCO[P+](=O)OCCCO[P+](=O)OC[C@@H]3C[C@@H](O)CN3C(=O)CCCCCNC(=O)O[C@H]3CC[C@@]4(C)C(=CCC5C4CC[C@@]4(C)C5CC[C@@H]4[C@@H](C)CCCC(C)C)C3)c3ccccc3C2(C)C)C(C)(C)c2ccccc21. The van der Waals surface area contributed by atoms with Crippen LogP contribution in [0.4, 0.5) is 16.2 Å². The maximum Gasteiger partial charge on any atom is 0.697 e. The Morgan fingerprint density at radius 2 is 1.47 bits per heavy atom. The first kappa shape index (κ1) is 75.5. The number of ether oxygens (including phenoxy) is 2. The summed E-state index contributed by atoms with van der Waals surface area (Å²) in [6.45, 7) is 27.1. The molecule has 3 saturated carbocycles. The van der Waals surface area contributed by atoms with Crippen molar-refractivity contribution in [3.05, 3.63) is 95.2 Å². The number of benzene rings is 2. The van der Waals surface area contributed by atoms with Crippen molar-refractivity contribution in [3.63, 3.8) is 0 Å². The molecule has 1 saturated heterocycles. The number of carbonyl (C=O) groups is 3. The van der Waals surface area contributed by atoms with Crippen molar-refractivity contribution >= 4 is 51.5 Å². The number of likely N-dealkylation sites (tertiary alicyclic amines) is 1. The number of allylic oxidation sites excluding steroid dienone is 5. The number of fused-ring (bicyclic) bond motifs is 7. The third-order valence-electron chi connectivity index (χ3n) is 23.3. The van der Waals surface area contributed by atoms with Crippen LogP contribution in [-0.2, 0) is 57.1 Å². The summed E-state index contributed by atoms with van der Waals surface area (Å²) in [5, 5.41) is 16.3. The van der Waals surface area contributed by atoms with Gasteiger partial charge in [0, 0.05) is 102 Å². The van der Waals surface area contributed by atoms with E-state index in [0.29, 0.717) is 44.2 Å². The number of aliphatic hydroxyl groups excluding tert-OH is 1. The molecule has 2 aromatic rings. The molecule has 4 fully saturated rings. The number of rotatable bonds is 37. The van der Waals surface area contributed by atoms with Crippen molar-refractivity contribution in [1.82, 2.24) is 15.5 Å². The van der Waals surface area contributed by atoms with Crippen LogP contribution in [0.25, 0.3) is 0 Å². The number of anilines is 1. The predicted octanol–water partition coefficient (Wildman–Crippen LogP) is 16.4. The second-order valence-electron chi connectivity index (χ2n) is 30.7. The average molecular weight is 1370 g/mol. The second-order valence-corrected chi connectivity index (χ2v) is 32.7. The van der Waals surface area contributed by atoms with Crippen molar-refractivity contribution in [3.8, 4) is 0 Å². The lowest BCUT2D eigenvalue weighted by molar-refractivity contribution is -0.438. The van der Waals surface area contributed by atoms with Crippen LogP contribution < -0.4 is 15.5 Å². The number of nitrogens with zero attached hydrogens (tertiary/aromatic N) is 3. The van der Waals surface area contributed by atoms with Gasteiger partial charge in [0.2, 0.25) is 17.5 Å². The lowest BCUT2D eigenvalue weighted by Crippen LogP contribution is -2.51. The van der Waals surface area contributed by atoms with Gasteiger partial charge in [-0.25, -0.2) is 4.79 Å². The van der Waals surface area contributed by atoms with Crippen LogP contribution in [0.15, 0.2) is 84.1 Å². The van der Waals surface area contributed by atoms with Crippen molar-refractivity contribution in [1.29, 1.82) is 0 Å². The molecule has 3 amide bonds. The lowest BCUT2D eigenvalue weighted by atomic mass is 9.47. The molecule has 0 bridgehead atoms. The highest BCUT2D eigenvalue weighted by atomic mass is 31.1. The van der Waals surface area contributed by atoms with Crippen molar-refractivity contribution in [2.75, 3.05) is 77.3 Å². The predicted molar refractivity (Wildman–Crippen MR) is 381 cm³/mol. The highest BCUT2D eigenvalue weighted by Gasteiger charge is 2.59. The Balaban J connectivity index is 0.562. The number of β-amino-alcohol motifs (C(OH)–C–C–N with tert-alkyl or cyclic N) is 1. The van der Waals surface area contributed by atoms with Gasteiger partial charge in [0.1, 0.15) is 39.1 Å². The number of carbonyl (C=O) groups excluding carboxylic acids is 3. The number of hydrogen-bond donors (Lipinski definition) is 3. The molecule has 4 aliphatic carbocycles. The van der Waals surface area contributed by atoms with E-state index >= 15 is 0 Å². The normalized spacial score (nSPS) is 27.3. The summed E-state index contributed by atoms with van der Waals surface area (Å²) in [4.78, 5) is 43.0. The zero-order valence-corrected chi connectivity index (χ0v) is 61.7. The van der Waals surface area contributed by atoms with E-state index in [9.17, 15) is 28.6 Å². The summed E-state index contributed by atoms with van der Waals surface area (Å²) in [5.41, 5.74) is 9.71. The molecule has 12 atom stereocenters. The Kier molecular flexibility index (Phi) is 27.6. The van der Waals surface area contributed by atoms with Gasteiger partial charge in [-0.3, -0.25) is 9.59 Å². The first-order valence-corrected chi connectivity index (χ1v) is 39.2. The van der Waals surface area contributed by atoms with Gasteiger partial charge < -0.3 is 35.0 Å². The fraction of sp³-hybridized carbons (Fsp3) is 0.714. The zero-order valence-electron chi connectivity index (χ0n) is 59.9. The number of amides is 3. The molecule has 3 heterocycles. The number of nitrogens with one attached hydrogen (secondary N) is 2. The molecule has 19 heteroatoms. The van der Waals surface area contributed by atoms with Crippen molar-refractivity contribution < 1.29 is 60.8 Å². The Labute approximate surface area is 577 Å². The van der Waals surface area contributed by atoms with Gasteiger partial charge in [0.15, 0.2) is 5.71 Å². The summed E-state index contributed by atoms with van der Waals surface area (Å²) in [7, 11) is -4.91. The van der Waals surface area contributed by atoms with E-state index in [0.717, 1.165) is 93.5 Å². The molecule has 17 nitrogen and oxygen atoms in total. The van der Waals surface area contributed by atoms with E-state index in [1.165, 1.54) is 90.9 Å². The van der Waals surface area contributed by atoms with Gasteiger partial charge in [-0.2, -0.15) is 4.58 Å². The molecule has 9 rings (SSSR count). The molecule has 5 unspecified atom stereocenters. The lowest BCUT2D eigenvalue weighted by Gasteiger charge is -2.58. The van der Waals surface area contributed by atoms with Gasteiger partial charge in [-0.05, 0) is 162 Å². The molecule has 0 aromatic heterocycles. The van der Waals surface area contributed by atoms with E-state index in [-0.39, 0.29) is 99.3 Å². The van der Waals surface area contributed by atoms with E-state index in [2.05, 4.69) is 162 Å². The maximum absolute atomic E-state index is 13.3. The second kappa shape index (κ2) is 35.1. The summed E-state index contributed by atoms with van der Waals surface area (Å²) < 4.78 is 60.2. The zero-order chi connectivity index (χ0) is 68.6. The average Bonchev–Trinajstić information content (AvgIpc) is 1.31. The van der Waals surface area contributed by atoms with E-state index in [1.54, 1.807) is 4.90 Å². The standard InChI is InChI=1S/C77H116N5O12P2/c1-11-80-67-29-18-16-27-65(67)74(5,6)69(80)31-23-32-70-75(7,8)66-28-17-19-30-68(66)81(70)45-21-13-14-33-71(84)78-44-48-89-49-50-92-95(87)90-46-24-47-91-96(88)93-54-58-52-59(83)53-82(58)72(85)34-15-12-20-43-79-73(86)94-60-39-41-76(9)57(51-60)35-36-61-63-38-37-62(56(4)26-22-25-55(2)3)77(63,10)42-40-64(61)76/h16-19,23,27-32,35,55-56,58-64,83H,11-15,20-22,24-26,33-34,36-54H2,1-10H3/q+1/p+2/t56-,58-,59+,60-,61?,62+,63?,64?,76-,77+/m0/s1. The maximum atomic E-state index is 13.3. The number of likely N-dealkylation sites (N-methyl/N-ethyl adjacent to an activating group) is 1. The Morgan fingerprint density at radius 1 is 0.740 bits per heavy atom. The summed E-state index contributed by atoms with van der Waals surface area (Å²) >= 11 is 0. The Hall–Kier alpha value is -4.70. The van der Waals surface area contributed by atoms with Gasteiger partial charge in [0.05, 0.1) is 30.8 Å². The number of para-hydroxylation sites is 2. The Morgan fingerprint density at radius 3 is 2.25 bits per heavy atom. The van der Waals surface area contributed by atoms with Gasteiger partial charge in [-0.1, -0.05) is 128 Å². The van der Waals surface area contributed by atoms with Crippen LogP contribution >= 0.6 is 16.5 Å². The third-order valence-corrected chi connectivity index (χ3v) is 24.9. The highest BCUT2D eigenvalue weighted by molar-refractivity contribution is 7.33. The minimum Gasteiger partial charge on any atom is -0.446 e. The van der Waals surface area contributed by atoms with Gasteiger partial charge >= 0.3 is 22.6 Å². The van der Waals surface area contributed by atoms with Crippen molar-refractivity contribution in [2.24, 2.45) is 46.3 Å². The fourth-order valence-corrected chi connectivity index (χ4v) is 19.4. The molecule has 0 radical (unpaired) electrons. The van der Waals surface area contributed by atoms with Crippen LogP contribution in [-0.4, -0.2) is 129 Å². The van der Waals surface area contributed by atoms with Gasteiger partial charge in [-0.15, -0.1) is 18.1 Å². The molecule has 3 aliphatic heterocycles. The van der Waals surface area contributed by atoms with E-state index in [1.807, 2.05) is 0 Å². The quantitative estimate of drug-likeness (QED) is 0.0250. The summed E-state index contributed by atoms with van der Waals surface area (Å²) in [5.74, 6) is 4.65. The summed E-state index contributed by atoms with van der Waals surface area (Å²) in [6.07, 6.45) is 27.8. The Bertz CT molecular complexity index is 3110. The molecule has 7 aliphatic rings. The van der Waals surface area contributed by atoms with Crippen LogP contribution in [0.1, 0.15) is 215 Å². The topological polar surface area (TPSA) is 195 Å². The molecule has 530 valence electrons. The molecule has 3 N–H and O–H groups in total. The van der Waals surface area contributed by atoms with E-state index < -0.39 is 28.7 Å². The van der Waals surface area contributed by atoms with Crippen LogP contribution in [0.2, 0.25) is 0 Å². The van der Waals surface area contributed by atoms with Crippen LogP contribution in [0, 0.1) is 46.3 Å². The molecule has 2 aromatic carbocycles. The highest BCUT2D eigenvalue weighted by Crippen LogP contribution is 2.67.